The molecule has 3 rings (SSSR count). The van der Waals surface area contributed by atoms with Crippen LogP contribution >= 0.6 is 0 Å². The van der Waals surface area contributed by atoms with Gasteiger partial charge in [0.2, 0.25) is 0 Å². The van der Waals surface area contributed by atoms with Gasteiger partial charge >= 0.3 is 5.97 Å². The number of ether oxygens (including phenoxy) is 2. The van der Waals surface area contributed by atoms with Gasteiger partial charge in [-0.05, 0) is 36.8 Å². The summed E-state index contributed by atoms with van der Waals surface area (Å²) in [6, 6.07) is 11.9. The van der Waals surface area contributed by atoms with Gasteiger partial charge in [0.1, 0.15) is 5.75 Å². The van der Waals surface area contributed by atoms with Crippen LogP contribution in [0.3, 0.4) is 0 Å². The van der Waals surface area contributed by atoms with Gasteiger partial charge in [-0.15, -0.1) is 0 Å². The summed E-state index contributed by atoms with van der Waals surface area (Å²) < 4.78 is 10.7. The fourth-order valence-corrected chi connectivity index (χ4v) is 2.78. The third-order valence-electron chi connectivity index (χ3n) is 4.22. The van der Waals surface area contributed by atoms with Crippen LogP contribution in [0.2, 0.25) is 0 Å². The van der Waals surface area contributed by atoms with E-state index >= 15 is 0 Å². The summed E-state index contributed by atoms with van der Waals surface area (Å²) in [5.74, 6) is -0.741. The van der Waals surface area contributed by atoms with E-state index in [9.17, 15) is 14.4 Å². The van der Waals surface area contributed by atoms with Crippen LogP contribution in [-0.2, 0) is 16.1 Å². The van der Waals surface area contributed by atoms with E-state index in [0.29, 0.717) is 29.3 Å². The van der Waals surface area contributed by atoms with E-state index in [1.54, 1.807) is 56.4 Å². The molecule has 2 aromatic rings. The maximum atomic E-state index is 12.9. The quantitative estimate of drug-likeness (QED) is 0.791. The summed E-state index contributed by atoms with van der Waals surface area (Å²) in [5, 5.41) is 11.4. The Hall–Kier alpha value is -3.55. The van der Waals surface area contributed by atoms with Gasteiger partial charge in [0.15, 0.2) is 18.5 Å². The molecule has 0 saturated carbocycles. The predicted octanol–water partition coefficient (Wildman–Crippen LogP) is 2.14. The van der Waals surface area contributed by atoms with Gasteiger partial charge in [-0.25, -0.2) is 4.79 Å². The molecule has 28 heavy (non-hydrogen) atoms. The lowest BCUT2D eigenvalue weighted by atomic mass is 10.1. The highest BCUT2D eigenvalue weighted by molar-refractivity contribution is 6.03. The predicted molar refractivity (Wildman–Crippen MR) is 101 cm³/mol. The summed E-state index contributed by atoms with van der Waals surface area (Å²) in [6.45, 7) is 1.55. The zero-order chi connectivity index (χ0) is 20.3. The van der Waals surface area contributed by atoms with Crippen molar-refractivity contribution >= 4 is 23.5 Å². The van der Waals surface area contributed by atoms with Crippen LogP contribution in [0.5, 0.6) is 11.5 Å². The summed E-state index contributed by atoms with van der Waals surface area (Å²) in [5.41, 5.74) is 1.70. The van der Waals surface area contributed by atoms with Crippen molar-refractivity contribution in [3.05, 3.63) is 53.6 Å². The Balaban J connectivity index is 1.71. The molecule has 1 heterocycles. The largest absolute Gasteiger partial charge is 0.482 e. The fraction of sp³-hybridized carbons (Fsp3) is 0.250. The Labute approximate surface area is 161 Å². The van der Waals surface area contributed by atoms with E-state index in [2.05, 4.69) is 5.32 Å². The number of carbonyl (C=O) groups is 3. The number of para-hydroxylation sites is 1. The molecule has 0 radical (unpaired) electrons. The molecule has 0 fully saturated rings. The molecule has 0 spiro atoms. The standard InChI is InChI=1S/C20H20N2O6/c1-12-19(25)21-16-5-3-4-15(18(16)28-12)20(26)22(2)10-13-6-8-14(9-7-13)27-11-17(23)24/h3-9,12H,10-11H2,1-2H3,(H,21,25)(H,23,24). The van der Waals surface area contributed by atoms with Crippen LogP contribution in [-0.4, -0.2) is 47.5 Å². The monoisotopic (exact) mass is 384 g/mol. The number of carboxylic acid groups (broad SMARTS) is 1. The van der Waals surface area contributed by atoms with Crippen LogP contribution < -0.4 is 14.8 Å². The van der Waals surface area contributed by atoms with Gasteiger partial charge in [-0.3, -0.25) is 9.59 Å². The van der Waals surface area contributed by atoms with Crippen molar-refractivity contribution in [3.8, 4) is 11.5 Å². The number of hydrogen-bond acceptors (Lipinski definition) is 5. The highest BCUT2D eigenvalue weighted by Gasteiger charge is 2.28. The third kappa shape index (κ3) is 4.22. The molecule has 8 heteroatoms. The van der Waals surface area contributed by atoms with Crippen LogP contribution in [0.25, 0.3) is 0 Å². The highest BCUT2D eigenvalue weighted by Crippen LogP contribution is 2.34. The van der Waals surface area contributed by atoms with E-state index in [1.165, 1.54) is 4.90 Å². The van der Waals surface area contributed by atoms with E-state index in [4.69, 9.17) is 14.6 Å². The Morgan fingerprint density at radius 3 is 2.61 bits per heavy atom. The van der Waals surface area contributed by atoms with E-state index in [-0.39, 0.29) is 11.8 Å². The molecule has 1 atom stereocenters. The Morgan fingerprint density at radius 2 is 1.93 bits per heavy atom. The van der Waals surface area contributed by atoms with Gasteiger partial charge in [-0.1, -0.05) is 18.2 Å². The summed E-state index contributed by atoms with van der Waals surface area (Å²) in [4.78, 5) is 36.7. The molecular formula is C20H20N2O6. The maximum absolute atomic E-state index is 12.9. The molecule has 2 N–H and O–H groups in total. The molecule has 1 aliphatic heterocycles. The summed E-state index contributed by atoms with van der Waals surface area (Å²) in [6.07, 6.45) is -0.676. The first-order valence-electron chi connectivity index (χ1n) is 8.64. The van der Waals surface area contributed by atoms with Crippen LogP contribution in [0.15, 0.2) is 42.5 Å². The number of fused-ring (bicyclic) bond motifs is 1. The number of hydrogen-bond donors (Lipinski definition) is 2. The number of nitrogens with one attached hydrogen (secondary N) is 1. The van der Waals surface area contributed by atoms with Crippen molar-refractivity contribution in [1.29, 1.82) is 0 Å². The Kier molecular flexibility index (Phi) is 5.49. The minimum absolute atomic E-state index is 0.244. The summed E-state index contributed by atoms with van der Waals surface area (Å²) >= 11 is 0. The van der Waals surface area contributed by atoms with Gasteiger partial charge in [0.25, 0.3) is 11.8 Å². The number of carbonyl (C=O) groups excluding carboxylic acids is 2. The molecule has 0 bridgehead atoms. The van der Waals surface area contributed by atoms with Gasteiger partial charge < -0.3 is 24.8 Å². The Bertz CT molecular complexity index is 909. The second-order valence-corrected chi connectivity index (χ2v) is 6.42. The zero-order valence-electron chi connectivity index (χ0n) is 15.5. The van der Waals surface area contributed by atoms with Crippen molar-refractivity contribution in [3.63, 3.8) is 0 Å². The lowest BCUT2D eigenvalue weighted by Gasteiger charge is -2.26. The second kappa shape index (κ2) is 7.99. The first-order chi connectivity index (χ1) is 13.3. The average molecular weight is 384 g/mol. The number of rotatable bonds is 6. The van der Waals surface area contributed by atoms with E-state index in [1.807, 2.05) is 0 Å². The first-order valence-corrected chi connectivity index (χ1v) is 8.64. The number of benzene rings is 2. The fourth-order valence-electron chi connectivity index (χ4n) is 2.78. The molecule has 0 saturated heterocycles. The van der Waals surface area contributed by atoms with Crippen molar-refractivity contribution in [1.82, 2.24) is 4.90 Å². The molecule has 1 aliphatic rings. The van der Waals surface area contributed by atoms with Crippen LogP contribution in [0.1, 0.15) is 22.8 Å². The lowest BCUT2D eigenvalue weighted by Crippen LogP contribution is -2.36. The minimum Gasteiger partial charge on any atom is -0.482 e. The molecule has 2 aromatic carbocycles. The second-order valence-electron chi connectivity index (χ2n) is 6.42. The zero-order valence-corrected chi connectivity index (χ0v) is 15.5. The van der Waals surface area contributed by atoms with Gasteiger partial charge in [0.05, 0.1) is 11.3 Å². The molecule has 8 nitrogen and oxygen atoms in total. The van der Waals surface area contributed by atoms with Gasteiger partial charge in [0, 0.05) is 13.6 Å². The van der Waals surface area contributed by atoms with Crippen molar-refractivity contribution in [2.24, 2.45) is 0 Å². The smallest absolute Gasteiger partial charge is 0.341 e. The van der Waals surface area contributed by atoms with Crippen molar-refractivity contribution in [2.45, 2.75) is 19.6 Å². The normalized spacial score (nSPS) is 15.1. The maximum Gasteiger partial charge on any atom is 0.341 e. The number of amides is 2. The molecule has 146 valence electrons. The lowest BCUT2D eigenvalue weighted by molar-refractivity contribution is -0.139. The number of anilines is 1. The third-order valence-corrected chi connectivity index (χ3v) is 4.22. The summed E-state index contributed by atoms with van der Waals surface area (Å²) in [7, 11) is 1.67. The van der Waals surface area contributed by atoms with Crippen molar-refractivity contribution in [2.75, 3.05) is 19.0 Å². The molecule has 0 aliphatic carbocycles. The van der Waals surface area contributed by atoms with Crippen molar-refractivity contribution < 1.29 is 29.0 Å². The van der Waals surface area contributed by atoms with Crippen LogP contribution in [0, 0.1) is 0 Å². The van der Waals surface area contributed by atoms with E-state index < -0.39 is 18.7 Å². The first kappa shape index (κ1) is 19.2. The topological polar surface area (TPSA) is 105 Å². The number of aliphatic carboxylic acids is 1. The minimum atomic E-state index is -1.05. The Morgan fingerprint density at radius 1 is 1.21 bits per heavy atom. The molecule has 0 aromatic heterocycles. The SMILES string of the molecule is CC1Oc2c(cccc2C(=O)N(C)Cc2ccc(OCC(=O)O)cc2)NC1=O. The van der Waals surface area contributed by atoms with Gasteiger partial charge in [-0.2, -0.15) is 0 Å². The molecule has 1 unspecified atom stereocenters. The number of nitrogens with zero attached hydrogens (tertiary/aromatic N) is 1. The highest BCUT2D eigenvalue weighted by atomic mass is 16.5. The molecule has 2 amide bonds. The molecular weight excluding hydrogens is 364 g/mol. The average Bonchev–Trinajstić information content (AvgIpc) is 2.67. The van der Waals surface area contributed by atoms with Crippen LogP contribution in [0.4, 0.5) is 5.69 Å². The van der Waals surface area contributed by atoms with E-state index in [0.717, 1.165) is 5.56 Å². The number of carboxylic acids is 1.